The van der Waals surface area contributed by atoms with Crippen LogP contribution in [0.5, 0.6) is 0 Å². The van der Waals surface area contributed by atoms with Gasteiger partial charge in [-0.25, -0.2) is 9.48 Å². The van der Waals surface area contributed by atoms with Crippen molar-refractivity contribution in [2.45, 2.75) is 38.6 Å². The number of benzene rings is 2. The van der Waals surface area contributed by atoms with Crippen molar-refractivity contribution in [2.24, 2.45) is 0 Å². The van der Waals surface area contributed by atoms with Gasteiger partial charge in [0.25, 0.3) is 0 Å². The van der Waals surface area contributed by atoms with Gasteiger partial charge < -0.3 is 15.2 Å². The lowest BCUT2D eigenvalue weighted by Gasteiger charge is -2.23. The van der Waals surface area contributed by atoms with E-state index in [-0.39, 0.29) is 25.5 Å². The van der Waals surface area contributed by atoms with E-state index in [1.165, 1.54) is 4.90 Å². The summed E-state index contributed by atoms with van der Waals surface area (Å²) in [6.45, 7) is 2.48. The van der Waals surface area contributed by atoms with Gasteiger partial charge in [-0.3, -0.25) is 9.69 Å². The fraction of sp³-hybridized carbons (Fsp3) is 0.292. The number of aryl methyl sites for hydroxylation is 1. The molecule has 0 saturated carbocycles. The minimum absolute atomic E-state index is 0.0727. The zero-order valence-corrected chi connectivity index (χ0v) is 17.8. The van der Waals surface area contributed by atoms with Crippen LogP contribution in [0.1, 0.15) is 23.1 Å². The smallest absolute Gasteiger partial charge is 0.410 e. The largest absolute Gasteiger partial charge is 0.445 e. The van der Waals surface area contributed by atoms with E-state index in [9.17, 15) is 14.7 Å². The van der Waals surface area contributed by atoms with E-state index in [2.05, 4.69) is 10.4 Å². The van der Waals surface area contributed by atoms with Gasteiger partial charge in [0.05, 0.1) is 18.3 Å². The van der Waals surface area contributed by atoms with E-state index >= 15 is 0 Å². The molecule has 0 bridgehead atoms. The zero-order chi connectivity index (χ0) is 22.5. The fourth-order valence-corrected chi connectivity index (χ4v) is 3.81. The SMILES string of the molecule is Cc1cc(-n2cccn2)ccc1CNC(=O)[C@@H]1C[C@@H](O)CN1C(=O)OCc1ccccc1. The number of aliphatic hydroxyl groups excluding tert-OH is 1. The number of nitrogens with one attached hydrogen (secondary N) is 1. The quantitative estimate of drug-likeness (QED) is 0.622. The molecule has 2 aromatic carbocycles. The Morgan fingerprint density at radius 3 is 2.72 bits per heavy atom. The Bertz CT molecular complexity index is 1070. The van der Waals surface area contributed by atoms with E-state index in [0.717, 1.165) is 22.4 Å². The number of ether oxygens (including phenoxy) is 1. The highest BCUT2D eigenvalue weighted by molar-refractivity contribution is 5.86. The number of aromatic nitrogens is 2. The molecule has 2 atom stereocenters. The summed E-state index contributed by atoms with van der Waals surface area (Å²) < 4.78 is 7.13. The zero-order valence-electron chi connectivity index (χ0n) is 17.8. The van der Waals surface area contributed by atoms with Crippen molar-refractivity contribution in [3.63, 3.8) is 0 Å². The fourth-order valence-electron chi connectivity index (χ4n) is 3.81. The Morgan fingerprint density at radius 1 is 1.19 bits per heavy atom. The minimum Gasteiger partial charge on any atom is -0.445 e. The Balaban J connectivity index is 1.35. The summed E-state index contributed by atoms with van der Waals surface area (Å²) in [5, 5.41) is 17.2. The summed E-state index contributed by atoms with van der Waals surface area (Å²) in [7, 11) is 0. The minimum atomic E-state index is -0.767. The highest BCUT2D eigenvalue weighted by atomic mass is 16.6. The molecule has 1 aliphatic heterocycles. The van der Waals surface area contributed by atoms with Gasteiger partial charge in [-0.15, -0.1) is 0 Å². The molecular weight excluding hydrogens is 408 g/mol. The Morgan fingerprint density at radius 2 is 2.00 bits per heavy atom. The summed E-state index contributed by atoms with van der Waals surface area (Å²) in [6.07, 6.45) is 2.41. The molecule has 0 unspecified atom stereocenters. The molecule has 1 aromatic heterocycles. The molecule has 2 N–H and O–H groups in total. The normalized spacial score (nSPS) is 17.9. The molecule has 2 amide bonds. The maximum absolute atomic E-state index is 12.8. The highest BCUT2D eigenvalue weighted by Crippen LogP contribution is 2.20. The monoisotopic (exact) mass is 434 g/mol. The van der Waals surface area contributed by atoms with Crippen LogP contribution in [0.25, 0.3) is 5.69 Å². The maximum atomic E-state index is 12.8. The predicted molar refractivity (Wildman–Crippen MR) is 118 cm³/mol. The van der Waals surface area contributed by atoms with Gasteiger partial charge in [0.2, 0.25) is 5.91 Å². The summed E-state index contributed by atoms with van der Waals surface area (Å²) in [4.78, 5) is 26.7. The number of aliphatic hydroxyl groups is 1. The molecule has 166 valence electrons. The van der Waals surface area contributed by atoms with Crippen molar-refractivity contribution < 1.29 is 19.4 Å². The first-order chi connectivity index (χ1) is 15.5. The van der Waals surface area contributed by atoms with Crippen LogP contribution in [0.4, 0.5) is 4.79 Å². The van der Waals surface area contributed by atoms with Gasteiger partial charge in [0, 0.05) is 25.4 Å². The number of carbonyl (C=O) groups is 2. The van der Waals surface area contributed by atoms with Crippen LogP contribution in [0.15, 0.2) is 67.0 Å². The third-order valence-electron chi connectivity index (χ3n) is 5.57. The van der Waals surface area contributed by atoms with Crippen molar-refractivity contribution >= 4 is 12.0 Å². The first kappa shape index (κ1) is 21.6. The molecule has 8 heteroatoms. The first-order valence-corrected chi connectivity index (χ1v) is 10.5. The molecule has 0 aliphatic carbocycles. The van der Waals surface area contributed by atoms with Gasteiger partial charge in [0.1, 0.15) is 12.6 Å². The van der Waals surface area contributed by atoms with Crippen LogP contribution >= 0.6 is 0 Å². The topological polar surface area (TPSA) is 96.7 Å². The van der Waals surface area contributed by atoms with Crippen molar-refractivity contribution in [3.8, 4) is 5.69 Å². The second kappa shape index (κ2) is 9.65. The molecule has 32 heavy (non-hydrogen) atoms. The highest BCUT2D eigenvalue weighted by Gasteiger charge is 2.39. The van der Waals surface area contributed by atoms with Crippen molar-refractivity contribution in [2.75, 3.05) is 6.54 Å². The molecule has 1 saturated heterocycles. The average Bonchev–Trinajstić information content (AvgIpc) is 3.47. The second-order valence-electron chi connectivity index (χ2n) is 7.88. The lowest BCUT2D eigenvalue weighted by molar-refractivity contribution is -0.125. The Labute approximate surface area is 186 Å². The lowest BCUT2D eigenvalue weighted by atomic mass is 10.1. The van der Waals surface area contributed by atoms with Crippen molar-refractivity contribution in [3.05, 3.63) is 83.7 Å². The summed E-state index contributed by atoms with van der Waals surface area (Å²) in [6, 6.07) is 16.3. The van der Waals surface area contributed by atoms with E-state index in [1.807, 2.05) is 67.7 Å². The van der Waals surface area contributed by atoms with Crippen LogP contribution in [-0.2, 0) is 22.7 Å². The number of hydrogen-bond acceptors (Lipinski definition) is 5. The molecule has 1 fully saturated rings. The number of rotatable bonds is 6. The van der Waals surface area contributed by atoms with E-state index < -0.39 is 18.2 Å². The summed E-state index contributed by atoms with van der Waals surface area (Å²) >= 11 is 0. The van der Waals surface area contributed by atoms with E-state index in [1.54, 1.807) is 10.9 Å². The van der Waals surface area contributed by atoms with Gasteiger partial charge >= 0.3 is 6.09 Å². The summed E-state index contributed by atoms with van der Waals surface area (Å²) in [5.74, 6) is -0.311. The third kappa shape index (κ3) is 4.97. The molecular formula is C24H26N4O4. The van der Waals surface area contributed by atoms with Crippen LogP contribution in [0.2, 0.25) is 0 Å². The number of amides is 2. The lowest BCUT2D eigenvalue weighted by Crippen LogP contribution is -2.46. The van der Waals surface area contributed by atoms with Crippen molar-refractivity contribution in [1.82, 2.24) is 20.0 Å². The van der Waals surface area contributed by atoms with Gasteiger partial charge in [-0.2, -0.15) is 5.10 Å². The first-order valence-electron chi connectivity index (χ1n) is 10.5. The van der Waals surface area contributed by atoms with Crippen LogP contribution in [-0.4, -0.2) is 50.5 Å². The van der Waals surface area contributed by atoms with E-state index in [0.29, 0.717) is 6.54 Å². The molecule has 1 aliphatic rings. The molecule has 0 spiro atoms. The number of β-amino-alcohol motifs (C(OH)–C–C–N with tert-alkyl or cyclic N) is 1. The molecule has 3 aromatic rings. The van der Waals surface area contributed by atoms with Gasteiger partial charge in [-0.1, -0.05) is 36.4 Å². The third-order valence-corrected chi connectivity index (χ3v) is 5.57. The van der Waals surface area contributed by atoms with Crippen LogP contribution < -0.4 is 5.32 Å². The standard InChI is InChI=1S/C24H26N4O4/c1-17-12-20(28-11-5-10-26-28)9-8-19(17)14-25-23(30)22-13-21(29)15-27(22)24(31)32-16-18-6-3-2-4-7-18/h2-12,21-22,29H,13-16H2,1H3,(H,25,30)/t21-,22+/m1/s1. The molecule has 8 nitrogen and oxygen atoms in total. The number of nitrogens with zero attached hydrogens (tertiary/aromatic N) is 3. The number of likely N-dealkylation sites (tertiary alicyclic amines) is 1. The Hall–Kier alpha value is -3.65. The van der Waals surface area contributed by atoms with Crippen molar-refractivity contribution in [1.29, 1.82) is 0 Å². The maximum Gasteiger partial charge on any atom is 0.410 e. The number of carbonyl (C=O) groups excluding carboxylic acids is 2. The Kier molecular flexibility index (Phi) is 6.51. The molecule has 0 radical (unpaired) electrons. The average molecular weight is 434 g/mol. The van der Waals surface area contributed by atoms with Gasteiger partial charge in [0.15, 0.2) is 0 Å². The molecule has 2 heterocycles. The second-order valence-corrected chi connectivity index (χ2v) is 7.88. The molecule has 4 rings (SSSR count). The van der Waals surface area contributed by atoms with E-state index in [4.69, 9.17) is 4.74 Å². The number of hydrogen-bond donors (Lipinski definition) is 2. The summed E-state index contributed by atoms with van der Waals surface area (Å²) in [5.41, 5.74) is 3.78. The van der Waals surface area contributed by atoms with Crippen LogP contribution in [0.3, 0.4) is 0 Å². The van der Waals surface area contributed by atoms with Crippen LogP contribution in [0, 0.1) is 6.92 Å². The van der Waals surface area contributed by atoms with Gasteiger partial charge in [-0.05, 0) is 41.8 Å². The predicted octanol–water partition coefficient (Wildman–Crippen LogP) is 2.57.